The van der Waals surface area contributed by atoms with E-state index in [9.17, 15) is 27.6 Å². The van der Waals surface area contributed by atoms with Crippen LogP contribution in [0.25, 0.3) is 0 Å². The number of halogens is 3. The van der Waals surface area contributed by atoms with Crippen LogP contribution in [-0.4, -0.2) is 51.4 Å². The minimum absolute atomic E-state index is 0.104. The molecule has 0 bridgehead atoms. The van der Waals surface area contributed by atoms with Crippen LogP contribution in [0.2, 0.25) is 0 Å². The fraction of sp³-hybridized carbons (Fsp3) is 0.560. The molecule has 0 radical (unpaired) electrons. The Morgan fingerprint density at radius 2 is 1.95 bits per heavy atom. The summed E-state index contributed by atoms with van der Waals surface area (Å²) in [7, 11) is 3.18. The second-order valence-corrected chi connectivity index (χ2v) is 10.0. The predicted octanol–water partition coefficient (Wildman–Crippen LogP) is 2.66. The summed E-state index contributed by atoms with van der Waals surface area (Å²) in [6.45, 7) is 0. The van der Waals surface area contributed by atoms with Gasteiger partial charge in [0.25, 0.3) is 0 Å². The van der Waals surface area contributed by atoms with Crippen molar-refractivity contribution in [2.45, 2.75) is 50.7 Å². The molecule has 4 rings (SSSR count). The molecule has 12 heteroatoms. The number of amides is 2. The number of imidazole rings is 1. The molecule has 2 aliphatic carbocycles. The molecule has 3 N–H and O–H groups in total. The van der Waals surface area contributed by atoms with Crippen molar-refractivity contribution in [3.05, 3.63) is 36.4 Å². The van der Waals surface area contributed by atoms with E-state index < -0.39 is 53.5 Å². The summed E-state index contributed by atoms with van der Waals surface area (Å²) in [5.74, 6) is -5.97. The molecule has 9 nitrogen and oxygen atoms in total. The maximum atomic E-state index is 14.0. The lowest BCUT2D eigenvalue weighted by molar-refractivity contribution is -0.179. The van der Waals surface area contributed by atoms with Crippen molar-refractivity contribution in [1.29, 1.82) is 0 Å². The minimum atomic E-state index is -4.66. The van der Waals surface area contributed by atoms with Crippen molar-refractivity contribution in [3.8, 4) is 0 Å². The standard InChI is InChI=1S/C25H31F3N6O3/c1-33-12-18(31-13-33)34(2)24(37)19-16(10-14-8-9-30-17(29)11-14)21(35)20(19)23(36)32-22(25(26,27)28)15-6-4-3-5-7-15/h8-9,11-13,15-16,19-20,22H,3-7,10H2,1-2H3,(H2,29,30)(H,32,36)/t16-,19-,20?,22+/m1/s1. The van der Waals surface area contributed by atoms with E-state index >= 15 is 0 Å². The molecule has 2 heterocycles. The van der Waals surface area contributed by atoms with Crippen LogP contribution in [-0.2, 0) is 27.9 Å². The number of nitrogen functional groups attached to an aromatic ring is 1. The molecule has 2 fully saturated rings. The Balaban J connectivity index is 1.59. The number of pyridine rings is 1. The van der Waals surface area contributed by atoms with Crippen molar-refractivity contribution in [1.82, 2.24) is 19.9 Å². The Labute approximate surface area is 212 Å². The lowest BCUT2D eigenvalue weighted by Gasteiger charge is -2.43. The third-order valence-electron chi connectivity index (χ3n) is 7.47. The summed E-state index contributed by atoms with van der Waals surface area (Å²) in [6.07, 6.45) is 2.85. The Bertz CT molecular complexity index is 1160. The van der Waals surface area contributed by atoms with Gasteiger partial charge in [0.2, 0.25) is 11.8 Å². The Kier molecular flexibility index (Phi) is 7.56. The minimum Gasteiger partial charge on any atom is -0.384 e. The number of hydrogen-bond donors (Lipinski definition) is 2. The van der Waals surface area contributed by atoms with E-state index in [0.717, 1.165) is 6.42 Å². The van der Waals surface area contributed by atoms with Gasteiger partial charge in [-0.1, -0.05) is 19.3 Å². The van der Waals surface area contributed by atoms with Gasteiger partial charge in [-0.3, -0.25) is 19.3 Å². The third-order valence-corrected chi connectivity index (χ3v) is 7.47. The maximum Gasteiger partial charge on any atom is 0.408 e. The molecule has 0 aromatic carbocycles. The monoisotopic (exact) mass is 520 g/mol. The average molecular weight is 521 g/mol. The normalized spacial score (nSPS) is 23.3. The van der Waals surface area contributed by atoms with Gasteiger partial charge in [-0.15, -0.1) is 0 Å². The smallest absolute Gasteiger partial charge is 0.384 e. The van der Waals surface area contributed by atoms with Crippen molar-refractivity contribution in [3.63, 3.8) is 0 Å². The van der Waals surface area contributed by atoms with E-state index in [2.05, 4.69) is 15.3 Å². The predicted molar refractivity (Wildman–Crippen MR) is 129 cm³/mol. The molecule has 0 aliphatic heterocycles. The number of rotatable bonds is 7. The first-order valence-electron chi connectivity index (χ1n) is 12.3. The molecule has 2 aliphatic rings. The van der Waals surface area contributed by atoms with E-state index in [-0.39, 0.29) is 12.2 Å². The Morgan fingerprint density at radius 1 is 1.24 bits per heavy atom. The highest BCUT2D eigenvalue weighted by molar-refractivity contribution is 6.15. The number of alkyl halides is 3. The maximum absolute atomic E-state index is 14.0. The lowest BCUT2D eigenvalue weighted by Crippen LogP contribution is -2.63. The van der Waals surface area contributed by atoms with Gasteiger partial charge in [0.15, 0.2) is 5.82 Å². The second-order valence-electron chi connectivity index (χ2n) is 10.0. The summed E-state index contributed by atoms with van der Waals surface area (Å²) >= 11 is 0. The van der Waals surface area contributed by atoms with Gasteiger partial charge in [-0.25, -0.2) is 9.97 Å². The molecular weight excluding hydrogens is 489 g/mol. The van der Waals surface area contributed by atoms with Crippen molar-refractivity contribution < 1.29 is 27.6 Å². The summed E-state index contributed by atoms with van der Waals surface area (Å²) in [6, 6.07) is 1.15. The van der Waals surface area contributed by atoms with Gasteiger partial charge in [-0.2, -0.15) is 13.2 Å². The van der Waals surface area contributed by atoms with Crippen LogP contribution in [0.1, 0.15) is 37.7 Å². The topological polar surface area (TPSA) is 123 Å². The number of nitrogens with two attached hydrogens (primary N) is 1. The van der Waals surface area contributed by atoms with Gasteiger partial charge in [0, 0.05) is 32.4 Å². The quantitative estimate of drug-likeness (QED) is 0.541. The van der Waals surface area contributed by atoms with Crippen LogP contribution in [0, 0.1) is 23.7 Å². The third kappa shape index (κ3) is 5.62. The highest BCUT2D eigenvalue weighted by Gasteiger charge is 2.59. The molecule has 37 heavy (non-hydrogen) atoms. The Hall–Kier alpha value is -3.44. The van der Waals surface area contributed by atoms with Crippen LogP contribution in [0.4, 0.5) is 24.8 Å². The number of aryl methyl sites for hydroxylation is 1. The summed E-state index contributed by atoms with van der Waals surface area (Å²) in [5, 5.41) is 2.11. The van der Waals surface area contributed by atoms with Gasteiger partial charge in [0.1, 0.15) is 23.6 Å². The molecule has 200 valence electrons. The number of carbonyl (C=O) groups is 3. The highest BCUT2D eigenvalue weighted by atomic mass is 19.4. The molecule has 0 spiro atoms. The van der Waals surface area contributed by atoms with Crippen LogP contribution < -0.4 is 16.0 Å². The number of aromatic nitrogens is 3. The first-order valence-corrected chi connectivity index (χ1v) is 12.3. The fourth-order valence-corrected chi connectivity index (χ4v) is 5.49. The zero-order valence-electron chi connectivity index (χ0n) is 20.7. The average Bonchev–Trinajstić information content (AvgIpc) is 3.29. The number of ketones is 1. The van der Waals surface area contributed by atoms with Crippen LogP contribution in [0.15, 0.2) is 30.9 Å². The van der Waals surface area contributed by atoms with E-state index in [0.29, 0.717) is 37.1 Å². The zero-order chi connectivity index (χ0) is 26.9. The Morgan fingerprint density at radius 3 is 2.54 bits per heavy atom. The summed E-state index contributed by atoms with van der Waals surface area (Å²) in [4.78, 5) is 49.2. The zero-order valence-corrected chi connectivity index (χ0v) is 20.7. The number of hydrogen-bond acceptors (Lipinski definition) is 6. The molecule has 0 saturated heterocycles. The second kappa shape index (κ2) is 10.5. The lowest BCUT2D eigenvalue weighted by atomic mass is 9.60. The van der Waals surface area contributed by atoms with Crippen LogP contribution in [0.3, 0.4) is 0 Å². The largest absolute Gasteiger partial charge is 0.408 e. The van der Waals surface area contributed by atoms with E-state index in [1.54, 1.807) is 29.9 Å². The van der Waals surface area contributed by atoms with Gasteiger partial charge >= 0.3 is 6.18 Å². The first kappa shape index (κ1) is 26.6. The number of nitrogens with one attached hydrogen (secondary N) is 1. The molecule has 2 saturated carbocycles. The van der Waals surface area contributed by atoms with E-state index in [4.69, 9.17) is 5.73 Å². The van der Waals surface area contributed by atoms with Crippen LogP contribution >= 0.6 is 0 Å². The molecule has 1 unspecified atom stereocenters. The van der Waals surface area contributed by atoms with Gasteiger partial charge < -0.3 is 15.6 Å². The molecular formula is C25H31F3N6O3. The highest BCUT2D eigenvalue weighted by Crippen LogP contribution is 2.42. The number of anilines is 2. The molecule has 2 aromatic rings. The van der Waals surface area contributed by atoms with Gasteiger partial charge in [0.05, 0.1) is 12.2 Å². The van der Waals surface area contributed by atoms with E-state index in [1.165, 1.54) is 24.5 Å². The molecule has 4 atom stereocenters. The van der Waals surface area contributed by atoms with Crippen molar-refractivity contribution in [2.24, 2.45) is 30.7 Å². The van der Waals surface area contributed by atoms with E-state index in [1.807, 2.05) is 0 Å². The molecule has 2 aromatic heterocycles. The SMILES string of the molecule is CN(C(=O)[C@H]1C(C(=O)N[C@@H](C2CCCCC2)C(F)(F)F)C(=O)[C@@H]1Cc1ccnc(N)c1)c1cn(C)cn1. The summed E-state index contributed by atoms with van der Waals surface area (Å²) < 4.78 is 43.5. The fourth-order valence-electron chi connectivity index (χ4n) is 5.49. The number of Topliss-reactive ketones (excluding diaryl/α,β-unsaturated/α-hetero) is 1. The van der Waals surface area contributed by atoms with Gasteiger partial charge in [-0.05, 0) is 42.9 Å². The number of carbonyl (C=O) groups excluding carboxylic acids is 3. The van der Waals surface area contributed by atoms with Crippen LogP contribution in [0.5, 0.6) is 0 Å². The number of nitrogens with zero attached hydrogens (tertiary/aromatic N) is 4. The summed E-state index contributed by atoms with van der Waals surface area (Å²) in [5.41, 5.74) is 6.38. The first-order chi connectivity index (χ1) is 17.5. The molecule has 2 amide bonds. The van der Waals surface area contributed by atoms with Crippen molar-refractivity contribution in [2.75, 3.05) is 17.7 Å². The van der Waals surface area contributed by atoms with Crippen molar-refractivity contribution >= 4 is 29.2 Å².